The number of esters is 1. The summed E-state index contributed by atoms with van der Waals surface area (Å²) in [6, 6.07) is 0. The number of rotatable bonds is 3. The van der Waals surface area contributed by atoms with E-state index in [2.05, 4.69) is 13.8 Å². The van der Waals surface area contributed by atoms with Crippen LogP contribution >= 0.6 is 0 Å². The summed E-state index contributed by atoms with van der Waals surface area (Å²) >= 11 is 0. The second kappa shape index (κ2) is 5.02. The maximum Gasteiger partial charge on any atom is 0.302 e. The normalized spacial score (nSPS) is 37.2. The third kappa shape index (κ3) is 2.32. The van der Waals surface area contributed by atoms with Gasteiger partial charge in [-0.15, -0.1) is 0 Å². The van der Waals surface area contributed by atoms with Crippen LogP contribution in [0.4, 0.5) is 0 Å². The summed E-state index contributed by atoms with van der Waals surface area (Å²) < 4.78 is 5.14. The van der Waals surface area contributed by atoms with Crippen LogP contribution in [0.2, 0.25) is 0 Å². The number of carbonyl (C=O) groups excluding carboxylic acids is 2. The van der Waals surface area contributed by atoms with E-state index in [0.29, 0.717) is 24.2 Å². The van der Waals surface area contributed by atoms with E-state index < -0.39 is 0 Å². The van der Waals surface area contributed by atoms with Gasteiger partial charge in [-0.3, -0.25) is 9.59 Å². The molecule has 3 nitrogen and oxygen atoms in total. The minimum atomic E-state index is -0.207. The molecule has 0 unspecified atom stereocenters. The van der Waals surface area contributed by atoms with Gasteiger partial charge in [-0.05, 0) is 42.9 Å². The molecule has 0 bridgehead atoms. The van der Waals surface area contributed by atoms with Crippen LogP contribution in [0.1, 0.15) is 52.9 Å². The Kier molecular flexibility index (Phi) is 3.79. The predicted octanol–water partition coefficient (Wildman–Crippen LogP) is 2.97. The Labute approximate surface area is 109 Å². The number of Topliss-reactive ketones (excluding diaryl/α,β-unsaturated/α-hetero) is 1. The Morgan fingerprint density at radius 2 is 2.22 bits per heavy atom. The number of ether oxygens (including phenoxy) is 1. The van der Waals surface area contributed by atoms with Crippen LogP contribution in [0.3, 0.4) is 0 Å². The number of carbonyl (C=O) groups is 2. The molecule has 102 valence electrons. The van der Waals surface area contributed by atoms with Crippen molar-refractivity contribution in [2.75, 3.05) is 6.61 Å². The molecule has 0 heterocycles. The molecule has 0 spiro atoms. The molecule has 4 atom stereocenters. The Morgan fingerprint density at radius 1 is 1.50 bits per heavy atom. The summed E-state index contributed by atoms with van der Waals surface area (Å²) in [4.78, 5) is 22.9. The van der Waals surface area contributed by atoms with Gasteiger partial charge in [-0.25, -0.2) is 0 Å². The summed E-state index contributed by atoms with van der Waals surface area (Å²) in [5, 5.41) is 0. The van der Waals surface area contributed by atoms with Gasteiger partial charge in [0.05, 0.1) is 6.61 Å². The minimum absolute atomic E-state index is 0.148. The monoisotopic (exact) mass is 252 g/mol. The molecule has 2 saturated carbocycles. The van der Waals surface area contributed by atoms with Crippen molar-refractivity contribution in [1.82, 2.24) is 0 Å². The van der Waals surface area contributed by atoms with Gasteiger partial charge in [0.1, 0.15) is 5.78 Å². The third-order valence-corrected chi connectivity index (χ3v) is 5.17. The maximum atomic E-state index is 12.0. The molecule has 2 rings (SSSR count). The predicted molar refractivity (Wildman–Crippen MR) is 69.0 cm³/mol. The number of hydrogen-bond acceptors (Lipinski definition) is 3. The first-order chi connectivity index (χ1) is 8.45. The van der Waals surface area contributed by atoms with Gasteiger partial charge < -0.3 is 4.74 Å². The SMILES string of the molecule is CC(=O)OC[C@@H](C)[C@H]1CC[C@H]2C(=O)CCC[C@]12C. The van der Waals surface area contributed by atoms with Crippen LogP contribution in [-0.2, 0) is 14.3 Å². The van der Waals surface area contributed by atoms with Crippen molar-refractivity contribution in [3.63, 3.8) is 0 Å². The first kappa shape index (κ1) is 13.6. The van der Waals surface area contributed by atoms with Crippen molar-refractivity contribution in [2.45, 2.75) is 52.9 Å². The molecular formula is C15H24O3. The second-order valence-electron chi connectivity index (χ2n) is 6.34. The Hall–Kier alpha value is -0.860. The quantitative estimate of drug-likeness (QED) is 0.725. The average molecular weight is 252 g/mol. The molecule has 18 heavy (non-hydrogen) atoms. The van der Waals surface area contributed by atoms with E-state index in [9.17, 15) is 9.59 Å². The molecule has 0 aliphatic heterocycles. The maximum absolute atomic E-state index is 12.0. The van der Waals surface area contributed by atoms with Gasteiger partial charge in [-0.1, -0.05) is 13.8 Å². The molecule has 0 aromatic carbocycles. The molecule has 0 amide bonds. The standard InChI is InChI=1S/C15H24O3/c1-10(9-18-11(2)16)12-6-7-13-14(17)5-4-8-15(12,13)3/h10,12-13H,4-9H2,1-3H3/t10-,12-,13+,15-/m1/s1. The van der Waals surface area contributed by atoms with Crippen molar-refractivity contribution >= 4 is 11.8 Å². The van der Waals surface area contributed by atoms with Gasteiger partial charge in [0.25, 0.3) is 0 Å². The zero-order valence-electron chi connectivity index (χ0n) is 11.7. The number of fused-ring (bicyclic) bond motifs is 1. The summed E-state index contributed by atoms with van der Waals surface area (Å²) in [7, 11) is 0. The van der Waals surface area contributed by atoms with Crippen LogP contribution in [0, 0.1) is 23.2 Å². The molecule has 0 saturated heterocycles. The highest BCUT2D eigenvalue weighted by Crippen LogP contribution is 2.56. The van der Waals surface area contributed by atoms with Crippen molar-refractivity contribution in [2.24, 2.45) is 23.2 Å². The molecule has 2 fully saturated rings. The smallest absolute Gasteiger partial charge is 0.302 e. The van der Waals surface area contributed by atoms with E-state index in [1.807, 2.05) is 0 Å². The lowest BCUT2D eigenvalue weighted by Crippen LogP contribution is -2.40. The molecule has 2 aliphatic rings. The fraction of sp³-hybridized carbons (Fsp3) is 0.867. The third-order valence-electron chi connectivity index (χ3n) is 5.17. The summed E-state index contributed by atoms with van der Waals surface area (Å²) in [6.07, 6.45) is 5.09. The molecular weight excluding hydrogens is 228 g/mol. The lowest BCUT2D eigenvalue weighted by molar-refractivity contribution is -0.144. The van der Waals surface area contributed by atoms with Crippen LogP contribution in [0.15, 0.2) is 0 Å². The van der Waals surface area contributed by atoms with Crippen LogP contribution in [0.25, 0.3) is 0 Å². The minimum Gasteiger partial charge on any atom is -0.466 e. The molecule has 0 aromatic heterocycles. The van der Waals surface area contributed by atoms with E-state index in [4.69, 9.17) is 4.74 Å². The van der Waals surface area contributed by atoms with Crippen molar-refractivity contribution < 1.29 is 14.3 Å². The Balaban J connectivity index is 2.05. The second-order valence-corrected chi connectivity index (χ2v) is 6.34. The molecule has 3 heteroatoms. The zero-order chi connectivity index (χ0) is 13.3. The zero-order valence-corrected chi connectivity index (χ0v) is 11.7. The van der Waals surface area contributed by atoms with Crippen molar-refractivity contribution in [3.05, 3.63) is 0 Å². The van der Waals surface area contributed by atoms with Gasteiger partial charge in [0.15, 0.2) is 0 Å². The number of hydrogen-bond donors (Lipinski definition) is 0. The van der Waals surface area contributed by atoms with E-state index in [-0.39, 0.29) is 17.3 Å². The molecule has 0 N–H and O–H groups in total. The van der Waals surface area contributed by atoms with E-state index >= 15 is 0 Å². The van der Waals surface area contributed by atoms with E-state index in [1.54, 1.807) is 0 Å². The average Bonchev–Trinajstić information content (AvgIpc) is 2.64. The van der Waals surface area contributed by atoms with E-state index in [0.717, 1.165) is 32.1 Å². The van der Waals surface area contributed by atoms with Gasteiger partial charge >= 0.3 is 5.97 Å². The summed E-state index contributed by atoms with van der Waals surface area (Å²) in [5.41, 5.74) is 0.148. The number of ketones is 1. The van der Waals surface area contributed by atoms with E-state index in [1.165, 1.54) is 6.92 Å². The van der Waals surface area contributed by atoms with Gasteiger partial charge in [0, 0.05) is 19.3 Å². The lowest BCUT2D eigenvalue weighted by Gasteiger charge is -2.42. The molecule has 2 aliphatic carbocycles. The summed E-state index contributed by atoms with van der Waals surface area (Å²) in [6.45, 7) is 6.38. The highest BCUT2D eigenvalue weighted by atomic mass is 16.5. The van der Waals surface area contributed by atoms with Crippen molar-refractivity contribution in [1.29, 1.82) is 0 Å². The molecule has 0 aromatic rings. The Bertz CT molecular complexity index is 350. The van der Waals surface area contributed by atoms with Gasteiger partial charge in [-0.2, -0.15) is 0 Å². The van der Waals surface area contributed by atoms with Crippen molar-refractivity contribution in [3.8, 4) is 0 Å². The van der Waals surface area contributed by atoms with Crippen LogP contribution in [-0.4, -0.2) is 18.4 Å². The topological polar surface area (TPSA) is 43.4 Å². The van der Waals surface area contributed by atoms with Crippen LogP contribution in [0.5, 0.6) is 0 Å². The lowest BCUT2D eigenvalue weighted by atomic mass is 9.62. The Morgan fingerprint density at radius 3 is 2.89 bits per heavy atom. The highest BCUT2D eigenvalue weighted by Gasteiger charge is 2.52. The fourth-order valence-electron chi connectivity index (χ4n) is 4.27. The fourth-order valence-corrected chi connectivity index (χ4v) is 4.27. The first-order valence-corrected chi connectivity index (χ1v) is 7.11. The largest absolute Gasteiger partial charge is 0.466 e. The van der Waals surface area contributed by atoms with Crippen LogP contribution < -0.4 is 0 Å². The van der Waals surface area contributed by atoms with Gasteiger partial charge in [0.2, 0.25) is 0 Å². The first-order valence-electron chi connectivity index (χ1n) is 7.11. The highest BCUT2D eigenvalue weighted by molar-refractivity contribution is 5.83. The summed E-state index contributed by atoms with van der Waals surface area (Å²) in [5.74, 6) is 1.39. The molecule has 0 radical (unpaired) electrons.